The Kier molecular flexibility index (Phi) is 9.77. The number of carbonyl (C=O) groups excluding carboxylic acids is 1. The molecule has 1 aliphatic heterocycles. The van der Waals surface area contributed by atoms with Gasteiger partial charge in [-0.25, -0.2) is 0 Å². The van der Waals surface area contributed by atoms with E-state index in [1.807, 2.05) is 6.07 Å². The van der Waals surface area contributed by atoms with Crippen LogP contribution in [0.4, 0.5) is 0 Å². The highest BCUT2D eigenvalue weighted by molar-refractivity contribution is 5.81. The number of rotatable bonds is 13. The zero-order valence-electron chi connectivity index (χ0n) is 22.4. The molecule has 37 heavy (non-hydrogen) atoms. The van der Waals surface area contributed by atoms with Crippen LogP contribution in [0, 0.1) is 5.92 Å². The van der Waals surface area contributed by atoms with Crippen LogP contribution in [0.25, 0.3) is 0 Å². The highest BCUT2D eigenvalue weighted by atomic mass is 16.5. The van der Waals surface area contributed by atoms with Crippen molar-refractivity contribution in [2.24, 2.45) is 13.0 Å². The molecule has 2 aromatic rings. The Balaban J connectivity index is 1.55. The molecule has 1 N–H and O–H groups in total. The first-order valence-corrected chi connectivity index (χ1v) is 13.4. The fraction of sp³-hybridized carbons (Fsp3) is 0.586. The van der Waals surface area contributed by atoms with E-state index in [9.17, 15) is 9.59 Å². The second kappa shape index (κ2) is 13.2. The molecule has 1 saturated heterocycles. The molecule has 1 saturated carbocycles. The van der Waals surface area contributed by atoms with Crippen LogP contribution in [0.15, 0.2) is 41.3 Å². The number of nitrogens with zero attached hydrogens (tertiary/aromatic N) is 2. The fourth-order valence-electron chi connectivity index (χ4n) is 5.21. The van der Waals surface area contributed by atoms with Crippen molar-refractivity contribution < 1.29 is 19.0 Å². The number of benzene rings is 1. The maximum Gasteiger partial charge on any atom is 0.250 e. The number of nitrogens with one attached hydrogen (secondary N) is 1. The molecule has 4 rings (SSSR count). The minimum Gasteiger partial charge on any atom is -0.491 e. The smallest absolute Gasteiger partial charge is 0.250 e. The number of pyridine rings is 1. The van der Waals surface area contributed by atoms with Gasteiger partial charge < -0.3 is 29.0 Å². The number of carbonyl (C=O) groups is 1. The quantitative estimate of drug-likeness (QED) is 0.417. The van der Waals surface area contributed by atoms with Crippen molar-refractivity contribution in [2.75, 3.05) is 47.1 Å². The third-order valence-electron chi connectivity index (χ3n) is 7.38. The van der Waals surface area contributed by atoms with Crippen molar-refractivity contribution in [3.05, 3.63) is 63.6 Å². The van der Waals surface area contributed by atoms with Crippen molar-refractivity contribution in [3.8, 4) is 5.75 Å². The molecule has 2 atom stereocenters. The molecule has 8 nitrogen and oxygen atoms in total. The minimum absolute atomic E-state index is 0.0347. The van der Waals surface area contributed by atoms with Gasteiger partial charge >= 0.3 is 0 Å². The number of piperidine rings is 1. The van der Waals surface area contributed by atoms with E-state index in [-0.39, 0.29) is 29.3 Å². The van der Waals surface area contributed by atoms with Crippen LogP contribution in [0.2, 0.25) is 0 Å². The lowest BCUT2D eigenvalue weighted by Gasteiger charge is -2.36. The lowest BCUT2D eigenvalue weighted by atomic mass is 9.80. The standard InChI is InChI=1S/C29H41N3O5/c1-31-11-9-23(18-28(31)33)26-8-10-30-19-27(26)29(34)32(24-6-7-24)20-22-15-21(5-4-12-35-2)16-25(17-22)37-14-13-36-3/h9,11,15-18,24,26-27,30H,4-8,10,12-14,19-20H2,1-3H3. The number of ether oxygens (including phenoxy) is 3. The molecular weight excluding hydrogens is 470 g/mol. The van der Waals surface area contributed by atoms with Gasteiger partial charge in [0.05, 0.1) is 12.5 Å². The van der Waals surface area contributed by atoms with Crippen molar-refractivity contribution >= 4 is 5.91 Å². The van der Waals surface area contributed by atoms with Gasteiger partial charge in [-0.15, -0.1) is 0 Å². The zero-order valence-corrected chi connectivity index (χ0v) is 22.4. The van der Waals surface area contributed by atoms with Crippen molar-refractivity contribution in [3.63, 3.8) is 0 Å². The highest BCUT2D eigenvalue weighted by Gasteiger charge is 2.40. The Bertz CT molecular complexity index is 1070. The van der Waals surface area contributed by atoms with Gasteiger partial charge in [-0.2, -0.15) is 0 Å². The van der Waals surface area contributed by atoms with E-state index in [1.54, 1.807) is 38.1 Å². The third-order valence-corrected chi connectivity index (χ3v) is 7.38. The summed E-state index contributed by atoms with van der Waals surface area (Å²) in [6.07, 6.45) is 6.53. The average molecular weight is 512 g/mol. The molecule has 2 unspecified atom stereocenters. The van der Waals surface area contributed by atoms with Gasteiger partial charge in [0.2, 0.25) is 5.91 Å². The summed E-state index contributed by atoms with van der Waals surface area (Å²) in [5, 5.41) is 3.42. The first-order chi connectivity index (χ1) is 18.0. The molecule has 0 radical (unpaired) electrons. The lowest BCUT2D eigenvalue weighted by molar-refractivity contribution is -0.138. The largest absolute Gasteiger partial charge is 0.491 e. The van der Waals surface area contributed by atoms with E-state index in [1.165, 1.54) is 5.56 Å². The van der Waals surface area contributed by atoms with E-state index in [2.05, 4.69) is 28.4 Å². The van der Waals surface area contributed by atoms with E-state index in [0.717, 1.165) is 55.5 Å². The molecular formula is C29H41N3O5. The summed E-state index contributed by atoms with van der Waals surface area (Å²) in [7, 11) is 5.13. The van der Waals surface area contributed by atoms with E-state index >= 15 is 0 Å². The van der Waals surface area contributed by atoms with E-state index < -0.39 is 0 Å². The van der Waals surface area contributed by atoms with Crippen LogP contribution < -0.4 is 15.6 Å². The molecule has 0 bridgehead atoms. The summed E-state index contributed by atoms with van der Waals surface area (Å²) in [5.41, 5.74) is 3.19. The second-order valence-electron chi connectivity index (χ2n) is 10.2. The van der Waals surface area contributed by atoms with Crippen molar-refractivity contribution in [2.45, 2.75) is 50.6 Å². The molecule has 1 aromatic heterocycles. The number of hydrogen-bond donors (Lipinski definition) is 1. The molecule has 1 aromatic carbocycles. The van der Waals surface area contributed by atoms with Gasteiger partial charge in [0.25, 0.3) is 5.56 Å². The average Bonchev–Trinajstić information content (AvgIpc) is 3.74. The minimum atomic E-state index is -0.191. The molecule has 2 fully saturated rings. The summed E-state index contributed by atoms with van der Waals surface area (Å²) < 4.78 is 17.9. The van der Waals surface area contributed by atoms with Crippen LogP contribution in [0.5, 0.6) is 5.75 Å². The van der Waals surface area contributed by atoms with Crippen LogP contribution in [0.1, 0.15) is 48.3 Å². The van der Waals surface area contributed by atoms with Gasteiger partial charge in [0.1, 0.15) is 12.4 Å². The molecule has 1 aliphatic carbocycles. The zero-order chi connectivity index (χ0) is 26.2. The molecule has 2 heterocycles. The summed E-state index contributed by atoms with van der Waals surface area (Å²) >= 11 is 0. The molecule has 8 heteroatoms. The maximum absolute atomic E-state index is 14.0. The van der Waals surface area contributed by atoms with Crippen LogP contribution in [0.3, 0.4) is 0 Å². The summed E-state index contributed by atoms with van der Waals surface area (Å²) in [6.45, 7) is 3.74. The number of hydrogen-bond acceptors (Lipinski definition) is 6. The predicted molar refractivity (Wildman–Crippen MR) is 143 cm³/mol. The van der Waals surface area contributed by atoms with Crippen molar-refractivity contribution in [1.82, 2.24) is 14.8 Å². The highest BCUT2D eigenvalue weighted by Crippen LogP contribution is 2.36. The van der Waals surface area contributed by atoms with Gasteiger partial charge in [0.15, 0.2) is 0 Å². The second-order valence-corrected chi connectivity index (χ2v) is 10.2. The molecule has 202 valence electrons. The fourth-order valence-corrected chi connectivity index (χ4v) is 5.21. The number of amides is 1. The Morgan fingerprint density at radius 3 is 2.57 bits per heavy atom. The third kappa shape index (κ3) is 7.43. The van der Waals surface area contributed by atoms with E-state index in [4.69, 9.17) is 14.2 Å². The normalized spacial score (nSPS) is 19.5. The summed E-state index contributed by atoms with van der Waals surface area (Å²) in [5.74, 6) is 0.829. The van der Waals surface area contributed by atoms with Crippen LogP contribution in [-0.2, 0) is 34.3 Å². The van der Waals surface area contributed by atoms with Gasteiger partial charge in [-0.3, -0.25) is 9.59 Å². The number of aromatic nitrogens is 1. The monoisotopic (exact) mass is 511 g/mol. The molecule has 0 spiro atoms. The van der Waals surface area contributed by atoms with Gasteiger partial charge in [0, 0.05) is 59.3 Å². The van der Waals surface area contributed by atoms with Gasteiger partial charge in [-0.05, 0) is 79.5 Å². The SMILES string of the molecule is COCCCc1cc(CN(C(=O)C2CNCCC2c2ccn(C)c(=O)c2)C2CC2)cc(OCCOC)c1. The Labute approximate surface area is 219 Å². The van der Waals surface area contributed by atoms with Gasteiger partial charge in [-0.1, -0.05) is 6.07 Å². The van der Waals surface area contributed by atoms with Crippen LogP contribution in [-0.4, -0.2) is 68.5 Å². The first-order valence-electron chi connectivity index (χ1n) is 13.4. The Hall–Kier alpha value is -2.68. The predicted octanol–water partition coefficient (Wildman–Crippen LogP) is 2.87. The Morgan fingerprint density at radius 1 is 1.05 bits per heavy atom. The number of aryl methyl sites for hydroxylation is 2. The molecule has 2 aliphatic rings. The van der Waals surface area contributed by atoms with E-state index in [0.29, 0.717) is 32.9 Å². The first kappa shape index (κ1) is 27.4. The van der Waals surface area contributed by atoms with Crippen LogP contribution >= 0.6 is 0 Å². The summed E-state index contributed by atoms with van der Waals surface area (Å²) in [4.78, 5) is 28.4. The topological polar surface area (TPSA) is 82.0 Å². The maximum atomic E-state index is 14.0. The lowest BCUT2D eigenvalue weighted by Crippen LogP contribution is -2.47. The Morgan fingerprint density at radius 2 is 1.84 bits per heavy atom. The number of methoxy groups -OCH3 is 2. The van der Waals surface area contributed by atoms with Crippen molar-refractivity contribution in [1.29, 1.82) is 0 Å². The molecule has 1 amide bonds. The summed E-state index contributed by atoms with van der Waals surface area (Å²) in [6, 6.07) is 10.3.